The Kier molecular flexibility index (Phi) is 5.31. The van der Waals surface area contributed by atoms with Gasteiger partial charge in [-0.3, -0.25) is 14.1 Å². The van der Waals surface area contributed by atoms with Crippen LogP contribution in [-0.4, -0.2) is 71.1 Å². The largest absolute Gasteiger partial charge is 0.322 e. The molecule has 1 aromatic carbocycles. The third kappa shape index (κ3) is 4.07. The van der Waals surface area contributed by atoms with Crippen molar-refractivity contribution >= 4 is 27.3 Å². The number of nitrogens with zero attached hydrogens (tertiary/aromatic N) is 5. The molecule has 9 nitrogen and oxygen atoms in total. The first-order valence-corrected chi connectivity index (χ1v) is 11.5. The molecule has 1 atom stereocenters. The third-order valence-electron chi connectivity index (χ3n) is 5.34. The van der Waals surface area contributed by atoms with Crippen molar-refractivity contribution in [2.45, 2.75) is 13.0 Å². The predicted octanol–water partition coefficient (Wildman–Crippen LogP) is 1.54. The van der Waals surface area contributed by atoms with Crippen LogP contribution in [0, 0.1) is 6.92 Å². The summed E-state index contributed by atoms with van der Waals surface area (Å²) in [5, 5.41) is 11.4. The van der Waals surface area contributed by atoms with E-state index in [2.05, 4.69) is 20.4 Å². The molecule has 30 heavy (non-hydrogen) atoms. The van der Waals surface area contributed by atoms with Crippen LogP contribution >= 0.6 is 0 Å². The highest BCUT2D eigenvalue weighted by molar-refractivity contribution is 7.88. The minimum absolute atomic E-state index is 0.239. The van der Waals surface area contributed by atoms with Gasteiger partial charge in [-0.05, 0) is 43.8 Å². The minimum atomic E-state index is -3.30. The monoisotopic (exact) mass is 428 g/mol. The minimum Gasteiger partial charge on any atom is -0.322 e. The maximum absolute atomic E-state index is 12.8. The summed E-state index contributed by atoms with van der Waals surface area (Å²) >= 11 is 0. The molecule has 10 heteroatoms. The summed E-state index contributed by atoms with van der Waals surface area (Å²) in [6.07, 6.45) is 2.91. The predicted molar refractivity (Wildman–Crippen MR) is 114 cm³/mol. The number of hydrogen-bond acceptors (Lipinski definition) is 6. The van der Waals surface area contributed by atoms with E-state index in [1.165, 1.54) is 10.6 Å². The summed E-state index contributed by atoms with van der Waals surface area (Å²) in [6, 6.07) is 10.8. The van der Waals surface area contributed by atoms with Gasteiger partial charge in [-0.2, -0.15) is 4.31 Å². The van der Waals surface area contributed by atoms with E-state index in [1.54, 1.807) is 22.7 Å². The Morgan fingerprint density at radius 2 is 1.97 bits per heavy atom. The zero-order valence-corrected chi connectivity index (χ0v) is 17.9. The highest BCUT2D eigenvalue weighted by atomic mass is 32.2. The molecule has 1 saturated heterocycles. The Morgan fingerprint density at radius 3 is 2.70 bits per heavy atom. The molecule has 1 aliphatic heterocycles. The van der Waals surface area contributed by atoms with Gasteiger partial charge in [-0.15, -0.1) is 10.2 Å². The molecule has 0 saturated carbocycles. The van der Waals surface area contributed by atoms with Crippen molar-refractivity contribution in [1.29, 1.82) is 0 Å². The number of benzene rings is 1. The molecule has 3 aromatic rings. The third-order valence-corrected chi connectivity index (χ3v) is 6.61. The Labute approximate surface area is 175 Å². The van der Waals surface area contributed by atoms with Gasteiger partial charge in [-0.25, -0.2) is 8.42 Å². The summed E-state index contributed by atoms with van der Waals surface area (Å²) < 4.78 is 27.3. The van der Waals surface area contributed by atoms with Crippen molar-refractivity contribution in [2.75, 3.05) is 38.3 Å². The fourth-order valence-electron chi connectivity index (χ4n) is 3.62. The number of nitrogens with one attached hydrogen (secondary N) is 1. The van der Waals surface area contributed by atoms with Crippen molar-refractivity contribution in [3.05, 3.63) is 59.5 Å². The average molecular weight is 429 g/mol. The Hall–Kier alpha value is -2.82. The zero-order chi connectivity index (χ0) is 21.5. The first-order chi connectivity index (χ1) is 14.2. The lowest BCUT2D eigenvalue weighted by molar-refractivity contribution is 0.102. The van der Waals surface area contributed by atoms with E-state index < -0.39 is 10.0 Å². The number of pyridine rings is 1. The second kappa shape index (κ2) is 7.78. The highest BCUT2D eigenvalue weighted by Crippen LogP contribution is 2.25. The van der Waals surface area contributed by atoms with Gasteiger partial charge >= 0.3 is 0 Å². The molecule has 4 rings (SSSR count). The molecule has 0 aliphatic carbocycles. The number of carbonyl (C=O) groups is 1. The van der Waals surface area contributed by atoms with Crippen LogP contribution in [0.4, 0.5) is 5.69 Å². The van der Waals surface area contributed by atoms with Crippen LogP contribution in [0.15, 0.2) is 42.6 Å². The molecule has 2 aromatic heterocycles. The molecule has 0 radical (unpaired) electrons. The van der Waals surface area contributed by atoms with E-state index in [9.17, 15) is 13.2 Å². The van der Waals surface area contributed by atoms with E-state index in [0.29, 0.717) is 30.1 Å². The molecule has 0 spiro atoms. The Bertz CT molecular complexity index is 1210. The zero-order valence-electron chi connectivity index (χ0n) is 17.1. The van der Waals surface area contributed by atoms with Gasteiger partial charge in [0, 0.05) is 31.5 Å². The fraction of sp³-hybridized carbons (Fsp3) is 0.350. The van der Waals surface area contributed by atoms with Crippen LogP contribution in [0.25, 0.3) is 5.65 Å². The number of rotatable bonds is 4. The number of likely N-dealkylation sites (N-methyl/N-ethyl adjacent to an activating group) is 1. The molecule has 1 fully saturated rings. The SMILES string of the molecule is Cc1cccc(NC(=O)c2ccc3nnc(C4CN(S(C)(=O)=O)CCN4C)n3c2)c1. The van der Waals surface area contributed by atoms with E-state index in [1.807, 2.05) is 38.2 Å². The maximum atomic E-state index is 12.8. The maximum Gasteiger partial charge on any atom is 0.257 e. The first kappa shape index (κ1) is 20.5. The van der Waals surface area contributed by atoms with E-state index in [0.717, 1.165) is 11.3 Å². The van der Waals surface area contributed by atoms with Gasteiger partial charge in [-0.1, -0.05) is 12.1 Å². The number of amides is 1. The summed E-state index contributed by atoms with van der Waals surface area (Å²) in [5.74, 6) is 0.364. The highest BCUT2D eigenvalue weighted by Gasteiger charge is 2.33. The average Bonchev–Trinajstić information content (AvgIpc) is 3.10. The number of piperazine rings is 1. The lowest BCUT2D eigenvalue weighted by atomic mass is 10.2. The normalized spacial score (nSPS) is 18.6. The van der Waals surface area contributed by atoms with E-state index in [4.69, 9.17) is 0 Å². The molecule has 158 valence electrons. The molecule has 1 N–H and O–H groups in total. The van der Waals surface area contributed by atoms with Gasteiger partial charge in [0.1, 0.15) is 0 Å². The van der Waals surface area contributed by atoms with Crippen molar-refractivity contribution < 1.29 is 13.2 Å². The summed E-state index contributed by atoms with van der Waals surface area (Å²) in [7, 11) is -1.37. The quantitative estimate of drug-likeness (QED) is 0.677. The number of hydrogen-bond donors (Lipinski definition) is 1. The van der Waals surface area contributed by atoms with Crippen LogP contribution in [0.1, 0.15) is 27.8 Å². The van der Waals surface area contributed by atoms with Crippen molar-refractivity contribution in [3.63, 3.8) is 0 Å². The van der Waals surface area contributed by atoms with Crippen LogP contribution < -0.4 is 5.32 Å². The summed E-state index contributed by atoms with van der Waals surface area (Å²) in [5.41, 5.74) is 2.84. The van der Waals surface area contributed by atoms with Crippen molar-refractivity contribution in [2.24, 2.45) is 0 Å². The number of fused-ring (bicyclic) bond motifs is 1. The molecular weight excluding hydrogens is 404 g/mol. The topological polar surface area (TPSA) is 99.9 Å². The number of anilines is 1. The lowest BCUT2D eigenvalue weighted by Crippen LogP contribution is -2.49. The van der Waals surface area contributed by atoms with Crippen LogP contribution in [-0.2, 0) is 10.0 Å². The van der Waals surface area contributed by atoms with Crippen molar-refractivity contribution in [1.82, 2.24) is 23.8 Å². The second-order valence-electron chi connectivity index (χ2n) is 7.65. The van der Waals surface area contributed by atoms with Gasteiger partial charge in [0.15, 0.2) is 11.5 Å². The second-order valence-corrected chi connectivity index (χ2v) is 9.63. The Morgan fingerprint density at radius 1 is 1.17 bits per heavy atom. The molecule has 1 amide bonds. The van der Waals surface area contributed by atoms with Gasteiger partial charge in [0.05, 0.1) is 17.9 Å². The Balaban J connectivity index is 1.65. The van der Waals surface area contributed by atoms with Crippen LogP contribution in [0.5, 0.6) is 0 Å². The standard InChI is InChI=1S/C20H24N6O3S/c1-14-5-4-6-16(11-14)21-20(27)15-7-8-18-22-23-19(26(18)12-15)17-13-25(30(3,28)29)10-9-24(17)2/h4-8,11-12,17H,9-10,13H2,1-3H3,(H,21,27). The van der Waals surface area contributed by atoms with Crippen LogP contribution in [0.3, 0.4) is 0 Å². The summed E-state index contributed by atoms with van der Waals surface area (Å²) in [6.45, 7) is 3.27. The van der Waals surface area contributed by atoms with Gasteiger partial charge in [0.25, 0.3) is 5.91 Å². The van der Waals surface area contributed by atoms with E-state index >= 15 is 0 Å². The number of sulfonamides is 1. The first-order valence-electron chi connectivity index (χ1n) is 9.60. The molecule has 0 bridgehead atoms. The number of carbonyl (C=O) groups excluding carboxylic acids is 1. The molecule has 1 unspecified atom stereocenters. The fourth-order valence-corrected chi connectivity index (χ4v) is 4.45. The van der Waals surface area contributed by atoms with Crippen LogP contribution in [0.2, 0.25) is 0 Å². The smallest absolute Gasteiger partial charge is 0.257 e. The van der Waals surface area contributed by atoms with Gasteiger partial charge in [0.2, 0.25) is 10.0 Å². The molecule has 1 aliphatic rings. The summed E-state index contributed by atoms with van der Waals surface area (Å²) in [4.78, 5) is 14.8. The van der Waals surface area contributed by atoms with Gasteiger partial charge < -0.3 is 5.32 Å². The van der Waals surface area contributed by atoms with Crippen molar-refractivity contribution in [3.8, 4) is 0 Å². The lowest BCUT2D eigenvalue weighted by Gasteiger charge is -2.37. The number of aryl methyl sites for hydroxylation is 1. The van der Waals surface area contributed by atoms with E-state index in [-0.39, 0.29) is 18.5 Å². The number of aromatic nitrogens is 3. The molecular formula is C20H24N6O3S. The molecule has 3 heterocycles.